The second-order valence-electron chi connectivity index (χ2n) is 6.45. The summed E-state index contributed by atoms with van der Waals surface area (Å²) in [7, 11) is 0. The highest BCUT2D eigenvalue weighted by molar-refractivity contribution is 5.94. The first-order valence-corrected chi connectivity index (χ1v) is 7.31. The smallest absolute Gasteiger partial charge is 0.343 e. The van der Waals surface area contributed by atoms with Crippen molar-refractivity contribution >= 4 is 11.8 Å². The van der Waals surface area contributed by atoms with Gasteiger partial charge in [0.05, 0.1) is 5.56 Å². The number of benzene rings is 2. The number of halogens is 1. The van der Waals surface area contributed by atoms with E-state index in [-0.39, 0.29) is 16.8 Å². The molecule has 0 fully saturated rings. The van der Waals surface area contributed by atoms with Crippen LogP contribution >= 0.6 is 0 Å². The largest absolute Gasteiger partial charge is 0.423 e. The monoisotopic (exact) mass is 314 g/mol. The number of hydrogen-bond acceptors (Lipinski definition) is 3. The normalized spacial score (nSPS) is 11.2. The molecule has 3 nitrogen and oxygen atoms in total. The van der Waals surface area contributed by atoms with Crippen LogP contribution < -0.4 is 4.74 Å². The van der Waals surface area contributed by atoms with Gasteiger partial charge in [-0.2, -0.15) is 0 Å². The summed E-state index contributed by atoms with van der Waals surface area (Å²) in [5.41, 5.74) is 1.13. The maximum Gasteiger partial charge on any atom is 0.343 e. The molecule has 0 heterocycles. The second-order valence-corrected chi connectivity index (χ2v) is 6.45. The van der Waals surface area contributed by atoms with Gasteiger partial charge in [0.15, 0.2) is 5.78 Å². The van der Waals surface area contributed by atoms with Crippen molar-refractivity contribution in [1.29, 1.82) is 0 Å². The van der Waals surface area contributed by atoms with Gasteiger partial charge in [-0.3, -0.25) is 4.79 Å². The van der Waals surface area contributed by atoms with Crippen molar-refractivity contribution in [2.24, 2.45) is 0 Å². The van der Waals surface area contributed by atoms with Gasteiger partial charge in [-0.15, -0.1) is 0 Å². The minimum atomic E-state index is -0.634. The molecule has 2 aromatic carbocycles. The van der Waals surface area contributed by atoms with Crippen LogP contribution in [0.3, 0.4) is 0 Å². The molecular formula is C19H19FO3. The Balaban J connectivity index is 2.24. The van der Waals surface area contributed by atoms with Gasteiger partial charge in [-0.25, -0.2) is 9.18 Å². The third-order valence-electron chi connectivity index (χ3n) is 3.47. The van der Waals surface area contributed by atoms with Crippen LogP contribution in [-0.4, -0.2) is 11.8 Å². The van der Waals surface area contributed by atoms with E-state index in [9.17, 15) is 14.0 Å². The van der Waals surface area contributed by atoms with Crippen LogP contribution in [0.25, 0.3) is 0 Å². The van der Waals surface area contributed by atoms with Crippen LogP contribution in [0.5, 0.6) is 5.75 Å². The lowest BCUT2D eigenvalue weighted by Gasteiger charge is -2.19. The Bertz CT molecular complexity index is 740. The fraction of sp³-hybridized carbons (Fsp3) is 0.263. The van der Waals surface area contributed by atoms with E-state index in [1.807, 2.05) is 20.8 Å². The lowest BCUT2D eigenvalue weighted by atomic mass is 9.86. The fourth-order valence-electron chi connectivity index (χ4n) is 2.06. The summed E-state index contributed by atoms with van der Waals surface area (Å²) in [5, 5.41) is 0. The van der Waals surface area contributed by atoms with E-state index < -0.39 is 11.8 Å². The van der Waals surface area contributed by atoms with Crippen LogP contribution in [-0.2, 0) is 5.41 Å². The molecule has 0 N–H and O–H groups in total. The molecule has 0 radical (unpaired) electrons. The van der Waals surface area contributed by atoms with Crippen LogP contribution in [0.4, 0.5) is 4.39 Å². The van der Waals surface area contributed by atoms with Crippen molar-refractivity contribution in [3.8, 4) is 5.75 Å². The standard InChI is InChI=1S/C19H19FO3/c1-12(21)13-5-7-17(8-6-13)23-18(22)14-9-15(19(2,3)4)11-16(20)10-14/h5-11H,1-4H3. The first kappa shape index (κ1) is 16.9. The van der Waals surface area contributed by atoms with Gasteiger partial charge < -0.3 is 4.74 Å². The van der Waals surface area contributed by atoms with Crippen LogP contribution in [0.2, 0.25) is 0 Å². The van der Waals surface area contributed by atoms with Gasteiger partial charge in [-0.05, 0) is 60.4 Å². The van der Waals surface area contributed by atoms with Crippen LogP contribution in [0, 0.1) is 5.82 Å². The van der Waals surface area contributed by atoms with Crippen LogP contribution in [0.15, 0.2) is 42.5 Å². The Kier molecular flexibility index (Phi) is 4.64. The summed E-state index contributed by atoms with van der Waals surface area (Å²) < 4.78 is 19.0. The van der Waals surface area contributed by atoms with Gasteiger partial charge in [0.2, 0.25) is 0 Å². The average Bonchev–Trinajstić information content (AvgIpc) is 2.46. The maximum absolute atomic E-state index is 13.8. The molecule has 0 saturated carbocycles. The Morgan fingerprint density at radius 2 is 1.57 bits per heavy atom. The van der Waals surface area contributed by atoms with Gasteiger partial charge in [-0.1, -0.05) is 20.8 Å². The van der Waals surface area contributed by atoms with Crippen molar-refractivity contribution < 1.29 is 18.7 Å². The van der Waals surface area contributed by atoms with E-state index in [1.165, 1.54) is 13.0 Å². The highest BCUT2D eigenvalue weighted by Crippen LogP contribution is 2.25. The third-order valence-corrected chi connectivity index (χ3v) is 3.47. The summed E-state index contributed by atoms with van der Waals surface area (Å²) in [6.07, 6.45) is 0. The van der Waals surface area contributed by atoms with Crippen molar-refractivity contribution in [3.63, 3.8) is 0 Å². The van der Waals surface area contributed by atoms with E-state index in [4.69, 9.17) is 4.74 Å². The molecule has 0 saturated heterocycles. The van der Waals surface area contributed by atoms with E-state index in [0.29, 0.717) is 11.3 Å². The number of esters is 1. The predicted molar refractivity (Wildman–Crippen MR) is 86.5 cm³/mol. The molecule has 0 aliphatic rings. The quantitative estimate of drug-likeness (QED) is 0.474. The van der Waals surface area contributed by atoms with E-state index in [1.54, 1.807) is 30.3 Å². The predicted octanol–water partition coefficient (Wildman–Crippen LogP) is 4.55. The SMILES string of the molecule is CC(=O)c1ccc(OC(=O)c2cc(F)cc(C(C)(C)C)c2)cc1. The molecular weight excluding hydrogens is 295 g/mol. The lowest BCUT2D eigenvalue weighted by molar-refractivity contribution is 0.0734. The van der Waals surface area contributed by atoms with Gasteiger partial charge >= 0.3 is 5.97 Å². The summed E-state index contributed by atoms with van der Waals surface area (Å²) in [6, 6.07) is 10.4. The van der Waals surface area contributed by atoms with E-state index >= 15 is 0 Å². The van der Waals surface area contributed by atoms with Crippen LogP contribution in [0.1, 0.15) is 54.0 Å². The highest BCUT2D eigenvalue weighted by atomic mass is 19.1. The molecule has 0 bridgehead atoms. The van der Waals surface area contributed by atoms with Crippen molar-refractivity contribution in [3.05, 3.63) is 65.0 Å². The van der Waals surface area contributed by atoms with Gasteiger partial charge in [0.1, 0.15) is 11.6 Å². The topological polar surface area (TPSA) is 43.4 Å². The number of Topliss-reactive ketones (excluding diaryl/α,β-unsaturated/α-hetero) is 1. The van der Waals surface area contributed by atoms with E-state index in [0.717, 1.165) is 11.6 Å². The van der Waals surface area contributed by atoms with Crippen molar-refractivity contribution in [2.45, 2.75) is 33.1 Å². The maximum atomic E-state index is 13.8. The summed E-state index contributed by atoms with van der Waals surface area (Å²) >= 11 is 0. The number of ether oxygens (including phenoxy) is 1. The zero-order valence-electron chi connectivity index (χ0n) is 13.6. The molecule has 0 amide bonds. The molecule has 120 valence electrons. The number of hydrogen-bond donors (Lipinski definition) is 0. The second kappa shape index (κ2) is 6.32. The fourth-order valence-corrected chi connectivity index (χ4v) is 2.06. The molecule has 4 heteroatoms. The molecule has 2 aromatic rings. The molecule has 23 heavy (non-hydrogen) atoms. The molecule has 0 unspecified atom stereocenters. The lowest BCUT2D eigenvalue weighted by Crippen LogP contribution is -2.15. The van der Waals surface area contributed by atoms with Crippen molar-refractivity contribution in [2.75, 3.05) is 0 Å². The summed E-state index contributed by atoms with van der Waals surface area (Å²) in [4.78, 5) is 23.4. The molecule has 0 aliphatic heterocycles. The average molecular weight is 314 g/mol. The summed E-state index contributed by atoms with van der Waals surface area (Å²) in [5.74, 6) is -0.869. The molecule has 0 spiro atoms. The Morgan fingerprint density at radius 3 is 2.09 bits per heavy atom. The Morgan fingerprint density at radius 1 is 0.957 bits per heavy atom. The number of carbonyl (C=O) groups excluding carboxylic acids is 2. The first-order valence-electron chi connectivity index (χ1n) is 7.31. The number of rotatable bonds is 3. The third kappa shape index (κ3) is 4.25. The first-order chi connectivity index (χ1) is 10.7. The molecule has 0 aromatic heterocycles. The zero-order valence-corrected chi connectivity index (χ0v) is 13.6. The van der Waals surface area contributed by atoms with E-state index in [2.05, 4.69) is 0 Å². The van der Waals surface area contributed by atoms with Gasteiger partial charge in [0, 0.05) is 5.56 Å². The number of carbonyl (C=O) groups is 2. The Labute approximate surface area is 135 Å². The molecule has 2 rings (SSSR count). The molecule has 0 atom stereocenters. The van der Waals surface area contributed by atoms with Gasteiger partial charge in [0.25, 0.3) is 0 Å². The summed E-state index contributed by atoms with van der Waals surface area (Å²) in [6.45, 7) is 7.29. The molecule has 0 aliphatic carbocycles. The minimum absolute atomic E-state index is 0.0668. The Hall–Kier alpha value is -2.49. The highest BCUT2D eigenvalue weighted by Gasteiger charge is 2.18. The minimum Gasteiger partial charge on any atom is -0.423 e. The zero-order chi connectivity index (χ0) is 17.2. The number of ketones is 1. The van der Waals surface area contributed by atoms with Crippen molar-refractivity contribution in [1.82, 2.24) is 0 Å².